The van der Waals surface area contributed by atoms with Crippen LogP contribution in [-0.4, -0.2) is 72.9 Å². The second-order valence-corrected chi connectivity index (χ2v) is 8.13. The van der Waals surface area contributed by atoms with E-state index >= 15 is 0 Å². The molecule has 1 aromatic heterocycles. The Morgan fingerprint density at radius 2 is 2.13 bits per heavy atom. The maximum Gasteiger partial charge on any atom is 0.236 e. The molecule has 1 saturated heterocycles. The normalized spacial score (nSPS) is 22.3. The van der Waals surface area contributed by atoms with E-state index in [0.717, 1.165) is 37.9 Å². The standard InChI is InChI=1S/C14H23N5O3S/c1-23(21,22)16-8-13-10-17(9-12-4-5-15-19(12)13)11-14(20)18-6-2-3-7-18/h4-5,13,16H,2-3,6-11H2,1H3/t13-/m0/s1. The Morgan fingerprint density at radius 1 is 1.39 bits per heavy atom. The molecule has 1 aromatic rings. The largest absolute Gasteiger partial charge is 0.342 e. The van der Waals surface area contributed by atoms with Crippen molar-refractivity contribution < 1.29 is 13.2 Å². The number of fused-ring (bicyclic) bond motifs is 1. The summed E-state index contributed by atoms with van der Waals surface area (Å²) in [7, 11) is -3.25. The molecular weight excluding hydrogens is 318 g/mol. The van der Waals surface area contributed by atoms with Gasteiger partial charge in [-0.05, 0) is 18.9 Å². The molecule has 8 nitrogen and oxygen atoms in total. The summed E-state index contributed by atoms with van der Waals surface area (Å²) in [5, 5.41) is 4.29. The number of hydrogen-bond donors (Lipinski definition) is 1. The first-order valence-corrected chi connectivity index (χ1v) is 9.79. The van der Waals surface area contributed by atoms with Crippen molar-refractivity contribution in [3.63, 3.8) is 0 Å². The molecule has 0 aliphatic carbocycles. The van der Waals surface area contributed by atoms with E-state index < -0.39 is 10.0 Å². The van der Waals surface area contributed by atoms with Gasteiger partial charge >= 0.3 is 0 Å². The monoisotopic (exact) mass is 341 g/mol. The zero-order chi connectivity index (χ0) is 16.4. The van der Waals surface area contributed by atoms with E-state index in [9.17, 15) is 13.2 Å². The number of amides is 1. The molecule has 0 unspecified atom stereocenters. The molecule has 3 heterocycles. The Labute approximate surface area is 136 Å². The zero-order valence-electron chi connectivity index (χ0n) is 13.3. The van der Waals surface area contributed by atoms with Crippen LogP contribution in [-0.2, 0) is 21.4 Å². The molecule has 128 valence electrons. The maximum atomic E-state index is 12.3. The molecule has 1 amide bonds. The smallest absolute Gasteiger partial charge is 0.236 e. The van der Waals surface area contributed by atoms with Crippen molar-refractivity contribution in [1.29, 1.82) is 0 Å². The second-order valence-electron chi connectivity index (χ2n) is 6.30. The third-order valence-corrected chi connectivity index (χ3v) is 5.04. The molecule has 3 rings (SSSR count). The van der Waals surface area contributed by atoms with E-state index in [4.69, 9.17) is 0 Å². The number of rotatable bonds is 5. The molecule has 23 heavy (non-hydrogen) atoms. The number of sulfonamides is 1. The van der Waals surface area contributed by atoms with Crippen LogP contribution in [0, 0.1) is 0 Å². The maximum absolute atomic E-state index is 12.3. The summed E-state index contributed by atoms with van der Waals surface area (Å²) in [6.45, 7) is 3.63. The predicted molar refractivity (Wildman–Crippen MR) is 85.2 cm³/mol. The summed E-state index contributed by atoms with van der Waals surface area (Å²) < 4.78 is 27.1. The van der Waals surface area contributed by atoms with Gasteiger partial charge in [-0.3, -0.25) is 14.4 Å². The lowest BCUT2D eigenvalue weighted by atomic mass is 10.2. The van der Waals surface area contributed by atoms with Gasteiger partial charge in [0.15, 0.2) is 0 Å². The minimum Gasteiger partial charge on any atom is -0.342 e. The average molecular weight is 341 g/mol. The van der Waals surface area contributed by atoms with Crippen molar-refractivity contribution in [2.75, 3.05) is 39.0 Å². The number of carbonyl (C=O) groups is 1. The first kappa shape index (κ1) is 16.4. The highest BCUT2D eigenvalue weighted by Crippen LogP contribution is 2.20. The molecule has 0 saturated carbocycles. The highest BCUT2D eigenvalue weighted by atomic mass is 32.2. The molecular formula is C14H23N5O3S. The molecule has 0 radical (unpaired) electrons. The summed E-state index contributed by atoms with van der Waals surface area (Å²) in [5.41, 5.74) is 1.01. The lowest BCUT2D eigenvalue weighted by Gasteiger charge is -2.34. The van der Waals surface area contributed by atoms with Crippen LogP contribution in [0.5, 0.6) is 0 Å². The van der Waals surface area contributed by atoms with Gasteiger partial charge in [0.05, 0.1) is 24.5 Å². The molecule has 1 fully saturated rings. The lowest BCUT2D eigenvalue weighted by molar-refractivity contribution is -0.131. The van der Waals surface area contributed by atoms with Crippen LogP contribution < -0.4 is 4.72 Å². The molecule has 0 aromatic carbocycles. The number of aromatic nitrogens is 2. The topological polar surface area (TPSA) is 87.5 Å². The number of likely N-dealkylation sites (tertiary alicyclic amines) is 1. The Morgan fingerprint density at radius 3 is 2.83 bits per heavy atom. The summed E-state index contributed by atoms with van der Waals surface area (Å²) >= 11 is 0. The lowest BCUT2D eigenvalue weighted by Crippen LogP contribution is -2.46. The number of carbonyl (C=O) groups excluding carboxylic acids is 1. The fraction of sp³-hybridized carbons (Fsp3) is 0.714. The highest BCUT2D eigenvalue weighted by molar-refractivity contribution is 7.88. The van der Waals surface area contributed by atoms with E-state index in [2.05, 4.69) is 14.7 Å². The molecule has 0 bridgehead atoms. The van der Waals surface area contributed by atoms with Gasteiger partial charge in [0.2, 0.25) is 15.9 Å². The zero-order valence-corrected chi connectivity index (χ0v) is 14.1. The second kappa shape index (κ2) is 6.58. The number of hydrogen-bond acceptors (Lipinski definition) is 5. The molecule has 1 atom stereocenters. The van der Waals surface area contributed by atoms with Crippen LogP contribution in [0.25, 0.3) is 0 Å². The van der Waals surface area contributed by atoms with E-state index in [1.165, 1.54) is 0 Å². The SMILES string of the molecule is CS(=O)(=O)NC[C@H]1CN(CC(=O)N2CCCC2)Cc2ccnn21. The molecule has 0 spiro atoms. The van der Waals surface area contributed by atoms with Gasteiger partial charge in [-0.1, -0.05) is 0 Å². The molecule has 2 aliphatic rings. The predicted octanol–water partition coefficient (Wildman–Crippen LogP) is -0.589. The summed E-state index contributed by atoms with van der Waals surface area (Å²) in [6.07, 6.45) is 5.03. The van der Waals surface area contributed by atoms with Crippen molar-refractivity contribution in [3.8, 4) is 0 Å². The van der Waals surface area contributed by atoms with Gasteiger partial charge in [-0.25, -0.2) is 13.1 Å². The Hall–Kier alpha value is -1.45. The van der Waals surface area contributed by atoms with Crippen molar-refractivity contribution in [1.82, 2.24) is 24.3 Å². The minimum atomic E-state index is -3.25. The summed E-state index contributed by atoms with van der Waals surface area (Å²) in [4.78, 5) is 16.3. The van der Waals surface area contributed by atoms with E-state index in [0.29, 0.717) is 19.6 Å². The third kappa shape index (κ3) is 4.10. The minimum absolute atomic E-state index is 0.102. The van der Waals surface area contributed by atoms with E-state index in [1.807, 2.05) is 15.6 Å². The summed E-state index contributed by atoms with van der Waals surface area (Å²) in [5.74, 6) is 0.158. The van der Waals surface area contributed by atoms with Crippen LogP contribution in [0.4, 0.5) is 0 Å². The van der Waals surface area contributed by atoms with E-state index in [1.54, 1.807) is 6.20 Å². The average Bonchev–Trinajstić information content (AvgIpc) is 3.14. The molecule has 1 N–H and O–H groups in total. The fourth-order valence-corrected chi connectivity index (χ4v) is 3.74. The van der Waals surface area contributed by atoms with Gasteiger partial charge in [-0.15, -0.1) is 0 Å². The van der Waals surface area contributed by atoms with Crippen LogP contribution in [0.15, 0.2) is 12.3 Å². The van der Waals surface area contributed by atoms with Crippen LogP contribution in [0.2, 0.25) is 0 Å². The van der Waals surface area contributed by atoms with Gasteiger partial charge in [0.25, 0.3) is 0 Å². The van der Waals surface area contributed by atoms with Crippen LogP contribution in [0.3, 0.4) is 0 Å². The Balaban J connectivity index is 1.66. The summed E-state index contributed by atoms with van der Waals surface area (Å²) in [6, 6.07) is 1.81. The van der Waals surface area contributed by atoms with Crippen molar-refractivity contribution in [2.24, 2.45) is 0 Å². The van der Waals surface area contributed by atoms with Gasteiger partial charge in [0, 0.05) is 38.9 Å². The van der Waals surface area contributed by atoms with Crippen LogP contribution >= 0.6 is 0 Å². The van der Waals surface area contributed by atoms with E-state index in [-0.39, 0.29) is 18.5 Å². The van der Waals surface area contributed by atoms with Crippen LogP contribution in [0.1, 0.15) is 24.6 Å². The first-order chi connectivity index (χ1) is 10.9. The van der Waals surface area contributed by atoms with Crippen molar-refractivity contribution in [2.45, 2.75) is 25.4 Å². The first-order valence-electron chi connectivity index (χ1n) is 7.89. The van der Waals surface area contributed by atoms with Gasteiger partial charge in [-0.2, -0.15) is 5.10 Å². The number of nitrogens with one attached hydrogen (secondary N) is 1. The third-order valence-electron chi connectivity index (χ3n) is 4.35. The van der Waals surface area contributed by atoms with Crippen molar-refractivity contribution >= 4 is 15.9 Å². The highest BCUT2D eigenvalue weighted by Gasteiger charge is 2.29. The fourth-order valence-electron chi connectivity index (χ4n) is 3.24. The molecule has 2 aliphatic heterocycles. The Bertz CT molecular complexity index is 666. The Kier molecular flexibility index (Phi) is 4.69. The van der Waals surface area contributed by atoms with Crippen molar-refractivity contribution in [3.05, 3.63) is 18.0 Å². The van der Waals surface area contributed by atoms with Gasteiger partial charge < -0.3 is 4.90 Å². The van der Waals surface area contributed by atoms with Gasteiger partial charge in [0.1, 0.15) is 0 Å². The molecule has 9 heteroatoms. The quantitative estimate of drug-likeness (QED) is 0.774. The number of nitrogens with zero attached hydrogens (tertiary/aromatic N) is 4.